The molecule has 0 saturated heterocycles. The number of amides is 1. The largest absolute Gasteiger partial charge is 0.336 e. The lowest BCUT2D eigenvalue weighted by molar-refractivity contribution is -0.119. The lowest BCUT2D eigenvalue weighted by Gasteiger charge is -2.19. The molecule has 0 N–H and O–H groups in total. The summed E-state index contributed by atoms with van der Waals surface area (Å²) in [4.78, 5) is 41.5. The van der Waals surface area contributed by atoms with Crippen LogP contribution < -0.4 is 16.1 Å². The van der Waals surface area contributed by atoms with E-state index >= 15 is 0 Å². The molecule has 7 heteroatoms. The number of fused-ring (bicyclic) bond motifs is 2. The molecule has 156 valence electrons. The van der Waals surface area contributed by atoms with E-state index in [1.807, 2.05) is 50.2 Å². The van der Waals surface area contributed by atoms with Gasteiger partial charge in [-0.2, -0.15) is 0 Å². The van der Waals surface area contributed by atoms with Gasteiger partial charge in [0, 0.05) is 12.2 Å². The van der Waals surface area contributed by atoms with Gasteiger partial charge in [0.25, 0.3) is 5.56 Å². The zero-order valence-corrected chi connectivity index (χ0v) is 18.1. The molecule has 1 aliphatic rings. The van der Waals surface area contributed by atoms with Crippen molar-refractivity contribution in [3.05, 3.63) is 91.4 Å². The number of thiophene rings is 1. The van der Waals surface area contributed by atoms with Crippen LogP contribution in [0.3, 0.4) is 0 Å². The number of hydrogen-bond donors (Lipinski definition) is 0. The Balaban J connectivity index is 1.63. The maximum atomic E-state index is 13.5. The maximum Gasteiger partial charge on any atom is 0.336 e. The van der Waals surface area contributed by atoms with E-state index in [1.165, 1.54) is 20.5 Å². The number of rotatable bonds is 3. The molecule has 0 fully saturated rings. The predicted molar refractivity (Wildman–Crippen MR) is 124 cm³/mol. The molecule has 0 radical (unpaired) electrons. The number of hydrogen-bond acceptors (Lipinski definition) is 4. The van der Waals surface area contributed by atoms with E-state index in [9.17, 15) is 14.4 Å². The second kappa shape index (κ2) is 7.35. The molecule has 5 rings (SSSR count). The topological polar surface area (TPSA) is 64.3 Å². The summed E-state index contributed by atoms with van der Waals surface area (Å²) in [6.45, 7) is 4.40. The lowest BCUT2D eigenvalue weighted by atomic mass is 10.1. The molecular formula is C24H21N3O3S. The quantitative estimate of drug-likeness (QED) is 0.499. The molecule has 2 aromatic heterocycles. The Morgan fingerprint density at radius 3 is 2.65 bits per heavy atom. The van der Waals surface area contributed by atoms with Crippen molar-refractivity contribution in [3.8, 4) is 5.69 Å². The van der Waals surface area contributed by atoms with Crippen molar-refractivity contribution in [2.24, 2.45) is 0 Å². The summed E-state index contributed by atoms with van der Waals surface area (Å²) < 4.78 is 3.06. The fourth-order valence-corrected chi connectivity index (χ4v) is 4.97. The minimum Gasteiger partial charge on any atom is -0.310 e. The Kier molecular flexibility index (Phi) is 4.63. The minimum absolute atomic E-state index is 0.120. The summed E-state index contributed by atoms with van der Waals surface area (Å²) in [5.41, 5.74) is 4.26. The van der Waals surface area contributed by atoms with Crippen molar-refractivity contribution < 1.29 is 4.79 Å². The molecule has 0 atom stereocenters. The highest BCUT2D eigenvalue weighted by Crippen LogP contribution is 2.28. The van der Waals surface area contributed by atoms with Crippen molar-refractivity contribution in [1.29, 1.82) is 0 Å². The third kappa shape index (κ3) is 3.13. The van der Waals surface area contributed by atoms with Gasteiger partial charge in [-0.15, -0.1) is 11.3 Å². The number of carbonyl (C=O) groups excluding carboxylic acids is 1. The van der Waals surface area contributed by atoms with E-state index in [4.69, 9.17) is 0 Å². The Morgan fingerprint density at radius 1 is 1.03 bits per heavy atom. The van der Waals surface area contributed by atoms with Crippen molar-refractivity contribution in [2.45, 2.75) is 26.8 Å². The highest BCUT2D eigenvalue weighted by atomic mass is 32.1. The average molecular weight is 432 g/mol. The van der Waals surface area contributed by atoms with Crippen LogP contribution in [0, 0.1) is 13.8 Å². The Morgan fingerprint density at radius 2 is 1.84 bits per heavy atom. The molecule has 0 saturated carbocycles. The highest BCUT2D eigenvalue weighted by molar-refractivity contribution is 7.17. The van der Waals surface area contributed by atoms with Crippen LogP contribution in [0.4, 0.5) is 5.69 Å². The highest BCUT2D eigenvalue weighted by Gasteiger charge is 2.26. The molecule has 0 bridgehead atoms. The van der Waals surface area contributed by atoms with Gasteiger partial charge in [-0.05, 0) is 66.6 Å². The van der Waals surface area contributed by atoms with Gasteiger partial charge in [0.2, 0.25) is 5.91 Å². The van der Waals surface area contributed by atoms with Crippen LogP contribution in [0.15, 0.2) is 63.5 Å². The molecule has 1 aliphatic heterocycles. The third-order valence-electron chi connectivity index (χ3n) is 5.99. The van der Waals surface area contributed by atoms with Gasteiger partial charge in [-0.3, -0.25) is 14.2 Å². The number of anilines is 1. The molecule has 1 amide bonds. The Labute approximate surface area is 182 Å². The second-order valence-electron chi connectivity index (χ2n) is 7.84. The first kappa shape index (κ1) is 19.5. The fourth-order valence-electron chi connectivity index (χ4n) is 4.15. The summed E-state index contributed by atoms with van der Waals surface area (Å²) in [7, 11) is 0. The van der Waals surface area contributed by atoms with E-state index in [1.54, 1.807) is 22.4 Å². The van der Waals surface area contributed by atoms with E-state index in [0.717, 1.165) is 28.8 Å². The molecule has 4 aromatic rings. The van der Waals surface area contributed by atoms with Crippen LogP contribution in [-0.2, 0) is 17.8 Å². The van der Waals surface area contributed by atoms with Gasteiger partial charge < -0.3 is 4.90 Å². The van der Waals surface area contributed by atoms with E-state index in [2.05, 4.69) is 0 Å². The van der Waals surface area contributed by atoms with E-state index in [0.29, 0.717) is 22.4 Å². The van der Waals surface area contributed by atoms with Gasteiger partial charge in [-0.1, -0.05) is 24.3 Å². The van der Waals surface area contributed by atoms with E-state index < -0.39 is 5.69 Å². The van der Waals surface area contributed by atoms with Gasteiger partial charge >= 0.3 is 5.69 Å². The smallest absolute Gasteiger partial charge is 0.310 e. The summed E-state index contributed by atoms with van der Waals surface area (Å²) in [5.74, 6) is -0.162. The Bertz CT molecular complexity index is 1460. The predicted octanol–water partition coefficient (Wildman–Crippen LogP) is 3.42. The number of aromatic nitrogens is 2. The summed E-state index contributed by atoms with van der Waals surface area (Å²) in [6, 6.07) is 15.1. The zero-order valence-electron chi connectivity index (χ0n) is 17.3. The van der Waals surface area contributed by atoms with Crippen molar-refractivity contribution in [2.75, 3.05) is 11.4 Å². The normalized spacial score (nSPS) is 13.0. The van der Waals surface area contributed by atoms with Crippen LogP contribution in [0.5, 0.6) is 0 Å². The minimum atomic E-state index is -0.500. The molecule has 31 heavy (non-hydrogen) atoms. The number of para-hydroxylation sites is 1. The monoisotopic (exact) mass is 431 g/mol. The first-order chi connectivity index (χ1) is 15.0. The molecule has 3 heterocycles. The number of aryl methyl sites for hydroxylation is 2. The van der Waals surface area contributed by atoms with Gasteiger partial charge in [0.05, 0.1) is 11.2 Å². The number of nitrogens with zero attached hydrogens (tertiary/aromatic N) is 3. The standard InChI is InChI=1S/C24H21N3O3S/c1-15-7-8-18(13-16(15)2)27-23(29)22-20(10-12-31-22)26(24(27)30)14-21(28)25-11-9-17-5-3-4-6-19(17)25/h3-8,10,12-13H,9,11,14H2,1-2H3. The van der Waals surface area contributed by atoms with E-state index in [-0.39, 0.29) is 18.0 Å². The fraction of sp³-hybridized carbons (Fsp3) is 0.208. The summed E-state index contributed by atoms with van der Waals surface area (Å²) >= 11 is 1.28. The molecular weight excluding hydrogens is 410 g/mol. The third-order valence-corrected chi connectivity index (χ3v) is 6.88. The average Bonchev–Trinajstić information content (AvgIpc) is 3.41. The zero-order chi connectivity index (χ0) is 21.7. The Hall–Kier alpha value is -3.45. The van der Waals surface area contributed by atoms with Crippen LogP contribution in [0.2, 0.25) is 0 Å². The van der Waals surface area contributed by atoms with Crippen LogP contribution in [-0.4, -0.2) is 21.6 Å². The second-order valence-corrected chi connectivity index (χ2v) is 8.75. The van der Waals surface area contributed by atoms with Crippen molar-refractivity contribution in [1.82, 2.24) is 9.13 Å². The first-order valence-electron chi connectivity index (χ1n) is 10.1. The number of benzene rings is 2. The molecule has 0 spiro atoms. The molecule has 2 aromatic carbocycles. The van der Waals surface area contributed by atoms with Gasteiger partial charge in [-0.25, -0.2) is 9.36 Å². The van der Waals surface area contributed by atoms with Crippen LogP contribution in [0.25, 0.3) is 15.9 Å². The molecule has 0 unspecified atom stereocenters. The van der Waals surface area contributed by atoms with Crippen LogP contribution in [0.1, 0.15) is 16.7 Å². The maximum absolute atomic E-state index is 13.5. The molecule has 0 aliphatic carbocycles. The van der Waals surface area contributed by atoms with Crippen molar-refractivity contribution in [3.63, 3.8) is 0 Å². The first-order valence-corrected chi connectivity index (χ1v) is 11.0. The van der Waals surface area contributed by atoms with Crippen molar-refractivity contribution >= 4 is 33.1 Å². The van der Waals surface area contributed by atoms with Gasteiger partial charge in [0.1, 0.15) is 11.2 Å². The summed E-state index contributed by atoms with van der Waals surface area (Å²) in [5, 5.41) is 1.78. The SMILES string of the molecule is Cc1ccc(-n2c(=O)c3sccc3n(CC(=O)N3CCc4ccccc43)c2=O)cc1C. The van der Waals surface area contributed by atoms with Gasteiger partial charge in [0.15, 0.2) is 0 Å². The number of carbonyl (C=O) groups is 1. The van der Waals surface area contributed by atoms with Crippen LogP contribution >= 0.6 is 11.3 Å². The lowest BCUT2D eigenvalue weighted by Crippen LogP contribution is -2.42. The molecule has 6 nitrogen and oxygen atoms in total. The summed E-state index contributed by atoms with van der Waals surface area (Å²) in [6.07, 6.45) is 0.798.